The van der Waals surface area contributed by atoms with E-state index in [1.807, 2.05) is 0 Å². The molecule has 0 unspecified atom stereocenters. The molecule has 0 saturated carbocycles. The number of hydrogen-bond donors (Lipinski definition) is 10. The highest BCUT2D eigenvalue weighted by Gasteiger charge is 2.51. The van der Waals surface area contributed by atoms with Crippen LogP contribution in [0.2, 0.25) is 0 Å². The van der Waals surface area contributed by atoms with Crippen molar-refractivity contribution in [2.45, 2.75) is 30.7 Å². The van der Waals surface area contributed by atoms with Gasteiger partial charge in [0.05, 0.1) is 11.1 Å². The van der Waals surface area contributed by atoms with Crippen molar-refractivity contribution in [2.24, 2.45) is 0 Å². The predicted molar refractivity (Wildman–Crippen MR) is 147 cm³/mol. The third-order valence-corrected chi connectivity index (χ3v) is 7.12. The van der Waals surface area contributed by atoms with Gasteiger partial charge in [-0.2, -0.15) is 0 Å². The second-order valence-electron chi connectivity index (χ2n) is 10.0. The summed E-state index contributed by atoms with van der Waals surface area (Å²) in [5, 5.41) is 102. The summed E-state index contributed by atoms with van der Waals surface area (Å²) in [6.07, 6.45) is -7.60. The van der Waals surface area contributed by atoms with Crippen LogP contribution in [0.25, 0.3) is 17.2 Å². The molecular formula is C29H24O17. The molecule has 0 aliphatic carbocycles. The number of aliphatic hydroxyl groups is 2. The smallest absolute Gasteiger partial charge is 0.339 e. The number of carbonyl (C=O) groups is 3. The van der Waals surface area contributed by atoms with Crippen molar-refractivity contribution in [3.05, 3.63) is 53.1 Å². The van der Waals surface area contributed by atoms with Gasteiger partial charge in [0, 0.05) is 17.2 Å². The zero-order valence-electron chi connectivity index (χ0n) is 23.0. The largest absolute Gasteiger partial charge is 0.504 e. The molecule has 1 fully saturated rings. The average molecular weight is 644 g/mol. The Hall–Kier alpha value is -5.91. The van der Waals surface area contributed by atoms with Crippen LogP contribution in [0.3, 0.4) is 0 Å². The number of phenols is 8. The second-order valence-corrected chi connectivity index (χ2v) is 10.0. The van der Waals surface area contributed by atoms with Gasteiger partial charge in [0.25, 0.3) is 0 Å². The molecule has 46 heavy (non-hydrogen) atoms. The Morgan fingerprint density at radius 1 is 0.717 bits per heavy atom. The fourth-order valence-electron chi connectivity index (χ4n) is 4.82. The van der Waals surface area contributed by atoms with Crippen LogP contribution in [0.5, 0.6) is 46.0 Å². The van der Waals surface area contributed by atoms with E-state index in [-0.39, 0.29) is 5.75 Å². The molecule has 0 amide bonds. The number of esters is 3. The Kier molecular flexibility index (Phi) is 8.14. The molecule has 17 nitrogen and oxygen atoms in total. The Morgan fingerprint density at radius 3 is 1.80 bits per heavy atom. The molecular weight excluding hydrogens is 620 g/mol. The molecule has 5 rings (SSSR count). The van der Waals surface area contributed by atoms with E-state index >= 15 is 0 Å². The van der Waals surface area contributed by atoms with Crippen LogP contribution in [0.4, 0.5) is 0 Å². The van der Waals surface area contributed by atoms with Crippen molar-refractivity contribution in [3.8, 4) is 57.1 Å². The zero-order chi connectivity index (χ0) is 33.6. The van der Waals surface area contributed by atoms with Crippen LogP contribution in [0.15, 0.2) is 36.4 Å². The van der Waals surface area contributed by atoms with E-state index in [4.69, 9.17) is 18.9 Å². The van der Waals surface area contributed by atoms with Crippen molar-refractivity contribution >= 4 is 24.0 Å². The summed E-state index contributed by atoms with van der Waals surface area (Å²) in [7, 11) is 0. The Labute approximate surface area is 256 Å². The molecule has 0 aromatic heterocycles. The number of phenolic OH excluding ortho intramolecular Hbond substituents is 8. The van der Waals surface area contributed by atoms with E-state index in [1.165, 1.54) is 18.2 Å². The standard InChI is InChI=1S/C29H24O17/c30-12-3-1-9(5-13(12)31)2-4-17(34)43-8-16-22(37)25-26(29(42)44-16)46-28(41)11-7-15(33)21(36)24(39)19(11)18-10(27(40)45-25)6-14(32)20(35)23(18)38/h1-7,16,22,25-26,29-33,35-39,42H,8H2/t16-,22-,25+,26-,29+/m1/s1. The van der Waals surface area contributed by atoms with Crippen molar-refractivity contribution in [2.75, 3.05) is 6.61 Å². The predicted octanol–water partition coefficient (Wildman–Crippen LogP) is 0.397. The van der Waals surface area contributed by atoms with Crippen LogP contribution in [0.1, 0.15) is 26.3 Å². The van der Waals surface area contributed by atoms with Crippen LogP contribution in [-0.4, -0.2) is 106 Å². The molecule has 1 saturated heterocycles. The fraction of sp³-hybridized carbons (Fsp3) is 0.207. The summed E-state index contributed by atoms with van der Waals surface area (Å²) >= 11 is 0. The maximum Gasteiger partial charge on any atom is 0.339 e. The van der Waals surface area contributed by atoms with E-state index < -0.39 is 118 Å². The molecule has 5 atom stereocenters. The molecule has 0 radical (unpaired) electrons. The van der Waals surface area contributed by atoms with E-state index in [9.17, 15) is 65.4 Å². The van der Waals surface area contributed by atoms with Gasteiger partial charge >= 0.3 is 17.9 Å². The van der Waals surface area contributed by atoms with Crippen molar-refractivity contribution in [1.82, 2.24) is 0 Å². The molecule has 0 spiro atoms. The molecule has 2 aliphatic rings. The topological polar surface area (TPSA) is 290 Å². The number of rotatable bonds is 4. The lowest BCUT2D eigenvalue weighted by molar-refractivity contribution is -0.285. The van der Waals surface area contributed by atoms with Gasteiger partial charge in [-0.1, -0.05) is 6.07 Å². The number of benzene rings is 3. The molecule has 10 N–H and O–H groups in total. The van der Waals surface area contributed by atoms with Gasteiger partial charge in [0.1, 0.15) is 18.8 Å². The molecule has 242 valence electrons. The van der Waals surface area contributed by atoms with Gasteiger partial charge in [0.15, 0.2) is 53.0 Å². The van der Waals surface area contributed by atoms with Gasteiger partial charge in [-0.15, -0.1) is 0 Å². The Morgan fingerprint density at radius 2 is 1.26 bits per heavy atom. The first-order chi connectivity index (χ1) is 21.7. The highest BCUT2D eigenvalue weighted by atomic mass is 16.7. The number of aromatic hydroxyl groups is 8. The zero-order valence-corrected chi connectivity index (χ0v) is 23.0. The van der Waals surface area contributed by atoms with Crippen LogP contribution in [-0.2, 0) is 23.7 Å². The van der Waals surface area contributed by atoms with E-state index in [0.29, 0.717) is 17.7 Å². The van der Waals surface area contributed by atoms with E-state index in [0.717, 1.165) is 12.1 Å². The van der Waals surface area contributed by atoms with Crippen LogP contribution < -0.4 is 0 Å². The summed E-state index contributed by atoms with van der Waals surface area (Å²) < 4.78 is 20.8. The minimum Gasteiger partial charge on any atom is -0.504 e. The monoisotopic (exact) mass is 644 g/mol. The summed E-state index contributed by atoms with van der Waals surface area (Å²) in [6.45, 7) is -0.757. The first kappa shape index (κ1) is 31.5. The molecule has 3 aromatic rings. The van der Waals surface area contributed by atoms with Crippen LogP contribution in [0, 0.1) is 0 Å². The third kappa shape index (κ3) is 5.56. The second kappa shape index (κ2) is 11.9. The molecule has 2 aliphatic heterocycles. The van der Waals surface area contributed by atoms with Crippen molar-refractivity contribution in [1.29, 1.82) is 0 Å². The van der Waals surface area contributed by atoms with Crippen molar-refractivity contribution in [3.63, 3.8) is 0 Å². The first-order valence-electron chi connectivity index (χ1n) is 13.1. The number of ether oxygens (including phenoxy) is 4. The van der Waals surface area contributed by atoms with Gasteiger partial charge in [0.2, 0.25) is 11.5 Å². The molecule has 3 aromatic carbocycles. The summed E-state index contributed by atoms with van der Waals surface area (Å²) in [4.78, 5) is 39.0. The lowest BCUT2D eigenvalue weighted by Gasteiger charge is -2.41. The fourth-order valence-corrected chi connectivity index (χ4v) is 4.82. The maximum absolute atomic E-state index is 13.4. The summed E-state index contributed by atoms with van der Waals surface area (Å²) in [6, 6.07) is 4.85. The lowest BCUT2D eigenvalue weighted by Crippen LogP contribution is -2.61. The summed E-state index contributed by atoms with van der Waals surface area (Å²) in [5.41, 5.74) is -3.07. The highest BCUT2D eigenvalue weighted by Crippen LogP contribution is 2.53. The summed E-state index contributed by atoms with van der Waals surface area (Å²) in [5.74, 6) is -11.9. The van der Waals surface area contributed by atoms with Gasteiger partial charge < -0.3 is 70.0 Å². The Bertz CT molecular complexity index is 1780. The van der Waals surface area contributed by atoms with Crippen molar-refractivity contribution < 1.29 is 84.4 Å². The minimum absolute atomic E-state index is 0.304. The molecule has 2 heterocycles. The average Bonchev–Trinajstić information content (AvgIpc) is 3.01. The maximum atomic E-state index is 13.4. The van der Waals surface area contributed by atoms with Gasteiger partial charge in [-0.3, -0.25) is 0 Å². The normalized spacial score (nSPS) is 22.6. The van der Waals surface area contributed by atoms with Gasteiger partial charge in [-0.25, -0.2) is 14.4 Å². The highest BCUT2D eigenvalue weighted by molar-refractivity contribution is 6.08. The van der Waals surface area contributed by atoms with E-state index in [1.54, 1.807) is 0 Å². The molecule has 0 bridgehead atoms. The minimum atomic E-state index is -2.16. The lowest BCUT2D eigenvalue weighted by atomic mass is 9.91. The Balaban J connectivity index is 1.47. The number of hydrogen-bond acceptors (Lipinski definition) is 17. The number of aliphatic hydroxyl groups excluding tert-OH is 2. The van der Waals surface area contributed by atoms with E-state index in [2.05, 4.69) is 0 Å². The SMILES string of the molecule is O=C(C=Cc1ccc(O)c(O)c1)OC[C@H]1O[C@H](O)[C@@H]2OC(=O)c3cc(O)c(O)c(O)c3-c3c(cc(O)c(O)c3O)C(=O)O[C@H]2[C@@H]1O. The number of carbonyl (C=O) groups excluding carboxylic acids is 3. The van der Waals surface area contributed by atoms with Crippen LogP contribution >= 0.6 is 0 Å². The molecule has 17 heteroatoms. The third-order valence-electron chi connectivity index (χ3n) is 7.12. The number of fused-ring (bicyclic) bond motifs is 4. The first-order valence-corrected chi connectivity index (χ1v) is 13.1. The van der Waals surface area contributed by atoms with Gasteiger partial charge in [-0.05, 0) is 35.9 Å². The quantitative estimate of drug-likeness (QED) is 0.0795.